The fourth-order valence-electron chi connectivity index (χ4n) is 3.26. The van der Waals surface area contributed by atoms with Gasteiger partial charge in [0.05, 0.1) is 0 Å². The van der Waals surface area contributed by atoms with Crippen molar-refractivity contribution < 1.29 is 9.47 Å². The summed E-state index contributed by atoms with van der Waals surface area (Å²) in [4.78, 5) is 2.06. The number of hydrogen-bond acceptors (Lipinski definition) is 3. The van der Waals surface area contributed by atoms with Crippen LogP contribution in [0.4, 0.5) is 0 Å². The lowest BCUT2D eigenvalue weighted by Gasteiger charge is -2.39. The summed E-state index contributed by atoms with van der Waals surface area (Å²) < 4.78 is 12.5. The quantitative estimate of drug-likeness (QED) is 0.598. The van der Waals surface area contributed by atoms with Crippen molar-refractivity contribution in [1.82, 2.24) is 4.90 Å². The van der Waals surface area contributed by atoms with Crippen molar-refractivity contribution in [2.24, 2.45) is 0 Å². The molecule has 0 spiro atoms. The second kappa shape index (κ2) is 7.61. The van der Waals surface area contributed by atoms with Crippen molar-refractivity contribution in [1.29, 1.82) is 0 Å². The second-order valence-corrected chi connectivity index (χ2v) is 8.17. The predicted octanol–water partition coefficient (Wildman–Crippen LogP) is 5.63. The van der Waals surface area contributed by atoms with Crippen LogP contribution in [0, 0.1) is 0 Å². The third-order valence-electron chi connectivity index (χ3n) is 5.09. The molecule has 2 aromatic carbocycles. The minimum atomic E-state index is -0.378. The van der Waals surface area contributed by atoms with Crippen LogP contribution < -0.4 is 9.47 Å². The third-order valence-corrected chi connectivity index (χ3v) is 5.09. The molecule has 0 fully saturated rings. The molecule has 142 valence electrons. The third kappa shape index (κ3) is 4.41. The molecule has 0 bridgehead atoms. The van der Waals surface area contributed by atoms with Gasteiger partial charge in [-0.1, -0.05) is 36.4 Å². The van der Waals surface area contributed by atoms with E-state index in [-0.39, 0.29) is 28.3 Å². The van der Waals surface area contributed by atoms with Crippen molar-refractivity contribution in [3.8, 4) is 11.5 Å². The van der Waals surface area contributed by atoms with E-state index in [0.717, 1.165) is 17.9 Å². The molecule has 1 unspecified atom stereocenters. The summed E-state index contributed by atoms with van der Waals surface area (Å²) in [6, 6.07) is 16.9. The van der Waals surface area contributed by atoms with Crippen LogP contribution in [0.25, 0.3) is 0 Å². The molecule has 1 atom stereocenters. The Kier molecular flexibility index (Phi) is 6.09. The van der Waals surface area contributed by atoms with E-state index < -0.39 is 0 Å². The Bertz CT molecular complexity index is 741. The van der Waals surface area contributed by atoms with Gasteiger partial charge in [0.25, 0.3) is 0 Å². The number of fused-ring (bicyclic) bond motifs is 1. The van der Waals surface area contributed by atoms with E-state index in [4.69, 9.17) is 9.47 Å². The van der Waals surface area contributed by atoms with Crippen LogP contribution in [0.1, 0.15) is 51.2 Å². The van der Waals surface area contributed by atoms with Gasteiger partial charge >= 0.3 is 0 Å². The first-order valence-electron chi connectivity index (χ1n) is 8.92. The summed E-state index contributed by atoms with van der Waals surface area (Å²) in [6.45, 7) is 8.43. The average Bonchev–Trinajstić information content (AvgIpc) is 2.53. The maximum absolute atomic E-state index is 6.29. The van der Waals surface area contributed by atoms with E-state index >= 15 is 0 Å². The molecule has 0 amide bonds. The van der Waals surface area contributed by atoms with Gasteiger partial charge in [0, 0.05) is 17.5 Å². The van der Waals surface area contributed by atoms with Crippen molar-refractivity contribution in [2.45, 2.75) is 51.4 Å². The Morgan fingerprint density at radius 3 is 2.35 bits per heavy atom. The molecule has 0 radical (unpaired) electrons. The van der Waals surface area contributed by atoms with E-state index in [9.17, 15) is 0 Å². The molecule has 1 heterocycles. The van der Waals surface area contributed by atoms with Crippen LogP contribution in [0.15, 0.2) is 48.5 Å². The highest BCUT2D eigenvalue weighted by Crippen LogP contribution is 2.45. The van der Waals surface area contributed by atoms with Gasteiger partial charge in [-0.3, -0.25) is 4.90 Å². The van der Waals surface area contributed by atoms with Gasteiger partial charge in [-0.2, -0.15) is 0 Å². The van der Waals surface area contributed by atoms with Crippen LogP contribution in [-0.4, -0.2) is 30.3 Å². The van der Waals surface area contributed by atoms with E-state index in [2.05, 4.69) is 75.1 Å². The van der Waals surface area contributed by atoms with Gasteiger partial charge in [0.1, 0.15) is 17.1 Å². The molecule has 0 aromatic heterocycles. The van der Waals surface area contributed by atoms with Crippen LogP contribution in [-0.2, 0) is 0 Å². The molecule has 0 saturated heterocycles. The van der Waals surface area contributed by atoms with Crippen molar-refractivity contribution in [3.63, 3.8) is 0 Å². The Balaban J connectivity index is 0.00000243. The first-order chi connectivity index (χ1) is 11.7. The molecule has 3 nitrogen and oxygen atoms in total. The number of halogens is 1. The van der Waals surface area contributed by atoms with Crippen LogP contribution in [0.3, 0.4) is 0 Å². The average molecular weight is 420 g/mol. The molecular weight excluding hydrogens is 390 g/mol. The Morgan fingerprint density at radius 1 is 1.08 bits per heavy atom. The standard InChI is InChI=1S/C22H29NO2.BrH/c1-21(2)15-19(16-10-8-7-9-11-16)18-13-12-17(14-20(18)25-21)24-22(3,4)23(5)6;/h7-14,19H,15H2,1-6H3;1H. The largest absolute Gasteiger partial charge is 0.487 e. The summed E-state index contributed by atoms with van der Waals surface area (Å²) in [5, 5.41) is 0. The van der Waals surface area contributed by atoms with Gasteiger partial charge < -0.3 is 9.47 Å². The van der Waals surface area contributed by atoms with E-state index in [0.29, 0.717) is 5.92 Å². The SMILES string of the molecule is Br.CN(C)C(C)(C)Oc1ccc2c(c1)OC(C)(C)CC2c1ccccc1. The molecule has 1 aliphatic rings. The van der Waals surface area contributed by atoms with E-state index in [1.807, 2.05) is 20.2 Å². The molecular formula is C22H30BrNO2. The second-order valence-electron chi connectivity index (χ2n) is 8.17. The normalized spacial score (nSPS) is 18.5. The zero-order valence-corrected chi connectivity index (χ0v) is 18.3. The predicted molar refractivity (Wildman–Crippen MR) is 113 cm³/mol. The highest BCUT2D eigenvalue weighted by atomic mass is 79.9. The summed E-state index contributed by atoms with van der Waals surface area (Å²) in [5.41, 5.74) is 1.99. The summed E-state index contributed by atoms with van der Waals surface area (Å²) in [7, 11) is 4.03. The van der Waals surface area contributed by atoms with Gasteiger partial charge in [-0.25, -0.2) is 0 Å². The maximum atomic E-state index is 6.29. The van der Waals surface area contributed by atoms with Gasteiger partial charge in [-0.15, -0.1) is 17.0 Å². The first-order valence-corrected chi connectivity index (χ1v) is 8.92. The topological polar surface area (TPSA) is 21.7 Å². The minimum absolute atomic E-state index is 0. The monoisotopic (exact) mass is 419 g/mol. The molecule has 2 aromatic rings. The number of nitrogens with zero attached hydrogens (tertiary/aromatic N) is 1. The number of ether oxygens (including phenoxy) is 2. The fraction of sp³-hybridized carbons (Fsp3) is 0.455. The highest BCUT2D eigenvalue weighted by Gasteiger charge is 2.35. The minimum Gasteiger partial charge on any atom is -0.487 e. The van der Waals surface area contributed by atoms with Gasteiger partial charge in [-0.05, 0) is 59.8 Å². The lowest BCUT2D eigenvalue weighted by molar-refractivity contribution is -0.0239. The molecule has 0 aliphatic carbocycles. The fourth-order valence-corrected chi connectivity index (χ4v) is 3.26. The summed E-state index contributed by atoms with van der Waals surface area (Å²) in [5.74, 6) is 2.11. The van der Waals surface area contributed by atoms with Crippen LogP contribution in [0.5, 0.6) is 11.5 Å². The number of benzene rings is 2. The first kappa shape index (κ1) is 20.8. The van der Waals surface area contributed by atoms with E-state index in [1.54, 1.807) is 0 Å². The van der Waals surface area contributed by atoms with E-state index in [1.165, 1.54) is 11.1 Å². The zero-order valence-electron chi connectivity index (χ0n) is 16.6. The highest BCUT2D eigenvalue weighted by molar-refractivity contribution is 8.93. The van der Waals surface area contributed by atoms with Crippen molar-refractivity contribution >= 4 is 17.0 Å². The molecule has 1 aliphatic heterocycles. The van der Waals surface area contributed by atoms with Gasteiger partial charge in [0.2, 0.25) is 0 Å². The Labute approximate surface area is 168 Å². The smallest absolute Gasteiger partial charge is 0.157 e. The molecule has 4 heteroatoms. The Morgan fingerprint density at radius 2 is 1.73 bits per heavy atom. The zero-order chi connectivity index (χ0) is 18.2. The molecule has 26 heavy (non-hydrogen) atoms. The van der Waals surface area contributed by atoms with Crippen molar-refractivity contribution in [2.75, 3.05) is 14.1 Å². The lowest BCUT2D eigenvalue weighted by Crippen LogP contribution is -2.43. The van der Waals surface area contributed by atoms with Crippen molar-refractivity contribution in [3.05, 3.63) is 59.7 Å². The van der Waals surface area contributed by atoms with Crippen LogP contribution >= 0.6 is 17.0 Å². The number of hydrogen-bond donors (Lipinski definition) is 0. The van der Waals surface area contributed by atoms with Gasteiger partial charge in [0.15, 0.2) is 5.72 Å². The summed E-state index contributed by atoms with van der Waals surface area (Å²) in [6.07, 6.45) is 0.966. The number of rotatable bonds is 4. The maximum Gasteiger partial charge on any atom is 0.157 e. The Hall–Kier alpha value is -1.52. The molecule has 3 rings (SSSR count). The summed E-state index contributed by atoms with van der Waals surface area (Å²) >= 11 is 0. The lowest BCUT2D eigenvalue weighted by atomic mass is 9.80. The molecule has 0 N–H and O–H groups in total. The molecule has 0 saturated carbocycles. The van der Waals surface area contributed by atoms with Crippen LogP contribution in [0.2, 0.25) is 0 Å².